The van der Waals surface area contributed by atoms with Gasteiger partial charge in [-0.3, -0.25) is 0 Å². The molecule has 0 saturated heterocycles. The van der Waals surface area contributed by atoms with Gasteiger partial charge in [0.2, 0.25) is 5.88 Å². The van der Waals surface area contributed by atoms with Crippen molar-refractivity contribution in [2.75, 3.05) is 0 Å². The van der Waals surface area contributed by atoms with Crippen LogP contribution in [0.2, 0.25) is 0 Å². The van der Waals surface area contributed by atoms with Crippen LogP contribution in [0, 0.1) is 18.3 Å². The number of nitriles is 1. The average molecular weight is 264 g/mol. The topological polar surface area (TPSA) is 74.2 Å². The van der Waals surface area contributed by atoms with E-state index in [0.717, 1.165) is 11.1 Å². The van der Waals surface area contributed by atoms with Gasteiger partial charge in [-0.05, 0) is 12.5 Å². The van der Waals surface area contributed by atoms with Crippen LogP contribution in [0.25, 0.3) is 5.65 Å². The lowest BCUT2D eigenvalue weighted by Gasteiger charge is -2.09. The van der Waals surface area contributed by atoms with E-state index in [4.69, 9.17) is 5.26 Å². The minimum atomic E-state index is 0.0397. The van der Waals surface area contributed by atoms with Crippen LogP contribution in [0.1, 0.15) is 22.4 Å². The third-order valence-electron chi connectivity index (χ3n) is 3.27. The van der Waals surface area contributed by atoms with E-state index in [-0.39, 0.29) is 5.88 Å². The first kappa shape index (κ1) is 12.2. The predicted octanol–water partition coefficient (Wildman–Crippen LogP) is 2.21. The van der Waals surface area contributed by atoms with Gasteiger partial charge in [-0.1, -0.05) is 30.3 Å². The number of benzene rings is 1. The SMILES string of the molecule is Cc1nc2c(C#N)cnn2c(O)c1Cc1ccccc1. The van der Waals surface area contributed by atoms with E-state index in [0.29, 0.717) is 23.3 Å². The van der Waals surface area contributed by atoms with Gasteiger partial charge in [0.15, 0.2) is 5.65 Å². The summed E-state index contributed by atoms with van der Waals surface area (Å²) in [6.45, 7) is 1.83. The fraction of sp³-hybridized carbons (Fsp3) is 0.133. The standard InChI is InChI=1S/C15H12N4O/c1-10-13(7-11-5-3-2-4-6-11)15(20)19-14(18-10)12(8-16)9-17-19/h2-6,9,20H,7H2,1H3. The third-order valence-corrected chi connectivity index (χ3v) is 3.27. The van der Waals surface area contributed by atoms with Crippen molar-refractivity contribution in [1.82, 2.24) is 14.6 Å². The minimum absolute atomic E-state index is 0.0397. The van der Waals surface area contributed by atoms with Crippen molar-refractivity contribution in [3.8, 4) is 11.9 Å². The van der Waals surface area contributed by atoms with Gasteiger partial charge in [0.05, 0.1) is 6.20 Å². The molecule has 5 heteroatoms. The summed E-state index contributed by atoms with van der Waals surface area (Å²) < 4.78 is 1.31. The largest absolute Gasteiger partial charge is 0.493 e. The van der Waals surface area contributed by atoms with Gasteiger partial charge in [0, 0.05) is 17.7 Å². The van der Waals surface area contributed by atoms with Crippen molar-refractivity contribution < 1.29 is 5.11 Å². The molecule has 1 N–H and O–H groups in total. The Bertz CT molecular complexity index is 815. The van der Waals surface area contributed by atoms with E-state index in [1.54, 1.807) is 0 Å². The van der Waals surface area contributed by atoms with Gasteiger partial charge in [-0.2, -0.15) is 14.9 Å². The molecular weight excluding hydrogens is 252 g/mol. The lowest BCUT2D eigenvalue weighted by Crippen LogP contribution is -2.02. The molecule has 0 bridgehead atoms. The number of nitrogens with zero attached hydrogens (tertiary/aromatic N) is 4. The third kappa shape index (κ3) is 1.88. The summed E-state index contributed by atoms with van der Waals surface area (Å²) in [5.41, 5.74) is 3.25. The first-order chi connectivity index (χ1) is 9.70. The molecule has 0 atom stereocenters. The van der Waals surface area contributed by atoms with Crippen LogP contribution in [0.4, 0.5) is 0 Å². The summed E-state index contributed by atoms with van der Waals surface area (Å²) in [5, 5.41) is 23.4. The summed E-state index contributed by atoms with van der Waals surface area (Å²) in [6.07, 6.45) is 1.98. The van der Waals surface area contributed by atoms with Crippen LogP contribution in [-0.2, 0) is 6.42 Å². The van der Waals surface area contributed by atoms with Gasteiger partial charge in [0.1, 0.15) is 11.6 Å². The molecule has 0 fully saturated rings. The summed E-state index contributed by atoms with van der Waals surface area (Å²) in [7, 11) is 0. The van der Waals surface area contributed by atoms with Gasteiger partial charge < -0.3 is 5.11 Å². The highest BCUT2D eigenvalue weighted by Crippen LogP contribution is 2.25. The van der Waals surface area contributed by atoms with Crippen LogP contribution < -0.4 is 0 Å². The summed E-state index contributed by atoms with van der Waals surface area (Å²) >= 11 is 0. The van der Waals surface area contributed by atoms with E-state index in [2.05, 4.69) is 10.1 Å². The molecule has 0 unspecified atom stereocenters. The van der Waals surface area contributed by atoms with E-state index < -0.39 is 0 Å². The van der Waals surface area contributed by atoms with E-state index in [1.165, 1.54) is 10.7 Å². The number of aromatic nitrogens is 3. The monoisotopic (exact) mass is 264 g/mol. The number of hydrogen-bond acceptors (Lipinski definition) is 4. The highest BCUT2D eigenvalue weighted by molar-refractivity contribution is 5.57. The molecule has 20 heavy (non-hydrogen) atoms. The maximum Gasteiger partial charge on any atom is 0.219 e. The van der Waals surface area contributed by atoms with Gasteiger partial charge in [0.25, 0.3) is 0 Å². The predicted molar refractivity (Wildman–Crippen MR) is 73.4 cm³/mol. The number of hydrogen-bond donors (Lipinski definition) is 1. The molecule has 3 aromatic rings. The molecule has 0 spiro atoms. The van der Waals surface area contributed by atoms with Gasteiger partial charge in [-0.15, -0.1) is 0 Å². The van der Waals surface area contributed by atoms with Crippen LogP contribution in [0.15, 0.2) is 36.5 Å². The molecule has 3 rings (SSSR count). The van der Waals surface area contributed by atoms with Gasteiger partial charge in [-0.25, -0.2) is 4.98 Å². The Hall–Kier alpha value is -2.87. The maximum atomic E-state index is 10.4. The second-order valence-electron chi connectivity index (χ2n) is 4.57. The molecule has 5 nitrogen and oxygen atoms in total. The Morgan fingerprint density at radius 2 is 2.05 bits per heavy atom. The average Bonchev–Trinajstić information content (AvgIpc) is 2.87. The molecule has 0 aliphatic rings. The minimum Gasteiger partial charge on any atom is -0.493 e. The molecule has 1 aromatic carbocycles. The molecule has 0 aliphatic carbocycles. The second kappa shape index (κ2) is 4.67. The first-order valence-corrected chi connectivity index (χ1v) is 6.21. The highest BCUT2D eigenvalue weighted by atomic mass is 16.3. The zero-order chi connectivity index (χ0) is 14.1. The number of aromatic hydroxyl groups is 1. The summed E-state index contributed by atoms with van der Waals surface area (Å²) in [6, 6.07) is 11.9. The van der Waals surface area contributed by atoms with Crippen molar-refractivity contribution in [3.05, 3.63) is 58.9 Å². The Balaban J connectivity index is 2.15. The smallest absolute Gasteiger partial charge is 0.219 e. The second-order valence-corrected chi connectivity index (χ2v) is 4.57. The van der Waals surface area contributed by atoms with Crippen molar-refractivity contribution in [1.29, 1.82) is 5.26 Å². The molecule has 0 aliphatic heterocycles. The van der Waals surface area contributed by atoms with E-state index in [1.807, 2.05) is 43.3 Å². The normalized spacial score (nSPS) is 10.6. The van der Waals surface area contributed by atoms with Crippen LogP contribution >= 0.6 is 0 Å². The van der Waals surface area contributed by atoms with Crippen LogP contribution in [0.5, 0.6) is 5.88 Å². The summed E-state index contributed by atoms with van der Waals surface area (Å²) in [4.78, 5) is 4.38. The van der Waals surface area contributed by atoms with Crippen molar-refractivity contribution in [2.24, 2.45) is 0 Å². The lowest BCUT2D eigenvalue weighted by atomic mass is 10.0. The van der Waals surface area contributed by atoms with Gasteiger partial charge >= 0.3 is 0 Å². The lowest BCUT2D eigenvalue weighted by molar-refractivity contribution is 0.428. The quantitative estimate of drug-likeness (QED) is 0.770. The molecule has 98 valence electrons. The molecule has 0 amide bonds. The fourth-order valence-electron chi connectivity index (χ4n) is 2.21. The zero-order valence-electron chi connectivity index (χ0n) is 10.9. The Morgan fingerprint density at radius 3 is 2.75 bits per heavy atom. The molecule has 2 aromatic heterocycles. The number of rotatable bonds is 2. The van der Waals surface area contributed by atoms with Crippen molar-refractivity contribution in [3.63, 3.8) is 0 Å². The molecular formula is C15H12N4O. The Labute approximate surface area is 115 Å². The Kier molecular flexibility index (Phi) is 2.84. The van der Waals surface area contributed by atoms with Crippen LogP contribution in [-0.4, -0.2) is 19.7 Å². The van der Waals surface area contributed by atoms with E-state index in [9.17, 15) is 5.11 Å². The zero-order valence-corrected chi connectivity index (χ0v) is 10.9. The number of fused-ring (bicyclic) bond motifs is 1. The Morgan fingerprint density at radius 1 is 1.30 bits per heavy atom. The fourth-order valence-corrected chi connectivity index (χ4v) is 2.21. The molecule has 0 saturated carbocycles. The number of aryl methyl sites for hydroxylation is 1. The van der Waals surface area contributed by atoms with Crippen molar-refractivity contribution >= 4 is 5.65 Å². The van der Waals surface area contributed by atoms with Crippen LogP contribution in [0.3, 0.4) is 0 Å². The molecule has 2 heterocycles. The van der Waals surface area contributed by atoms with E-state index >= 15 is 0 Å². The van der Waals surface area contributed by atoms with Crippen molar-refractivity contribution in [2.45, 2.75) is 13.3 Å². The maximum absolute atomic E-state index is 10.4. The summed E-state index contributed by atoms with van der Waals surface area (Å²) in [5.74, 6) is 0.0397. The highest BCUT2D eigenvalue weighted by Gasteiger charge is 2.15. The first-order valence-electron chi connectivity index (χ1n) is 6.21. The molecule has 0 radical (unpaired) electrons.